The number of carbonyl (C=O) groups excluding carboxylic acids is 1. The highest BCUT2D eigenvalue weighted by Gasteiger charge is 2.07. The minimum absolute atomic E-state index is 0.0569. The molecule has 0 bridgehead atoms. The average molecular weight is 249 g/mol. The first kappa shape index (κ1) is 11.5. The van der Waals surface area contributed by atoms with E-state index >= 15 is 0 Å². The number of nitrogens with one attached hydrogen (secondary N) is 1. The fourth-order valence-electron chi connectivity index (χ4n) is 1.22. The molecule has 1 aromatic carbocycles. The third-order valence-corrected chi connectivity index (χ3v) is 2.30. The lowest BCUT2D eigenvalue weighted by atomic mass is 10.2. The van der Waals surface area contributed by atoms with Crippen LogP contribution >= 0.6 is 11.6 Å². The molecule has 5 nitrogen and oxygen atoms in total. The summed E-state index contributed by atoms with van der Waals surface area (Å²) in [4.78, 5) is 15.4. The van der Waals surface area contributed by atoms with Crippen LogP contribution in [-0.2, 0) is 6.54 Å². The lowest BCUT2D eigenvalue weighted by molar-refractivity contribution is 0.0939. The minimum atomic E-state index is -0.354. The van der Waals surface area contributed by atoms with Crippen molar-refractivity contribution in [1.82, 2.24) is 20.5 Å². The Labute approximate surface area is 103 Å². The first-order valence-corrected chi connectivity index (χ1v) is 5.30. The summed E-state index contributed by atoms with van der Waals surface area (Å²) < 4.78 is 0. The Morgan fingerprint density at radius 3 is 2.65 bits per heavy atom. The van der Waals surface area contributed by atoms with Crippen LogP contribution in [0.5, 0.6) is 0 Å². The number of hydrogen-bond donors (Lipinski definition) is 1. The van der Waals surface area contributed by atoms with Crippen LogP contribution in [0.25, 0.3) is 0 Å². The van der Waals surface area contributed by atoms with Crippen LogP contribution in [0.15, 0.2) is 36.7 Å². The number of rotatable bonds is 3. The van der Waals surface area contributed by atoms with Gasteiger partial charge in [-0.3, -0.25) is 4.79 Å². The molecule has 1 heterocycles. The van der Waals surface area contributed by atoms with Gasteiger partial charge in [-0.25, -0.2) is 4.98 Å². The molecule has 1 aromatic heterocycles. The standard InChI is InChI=1S/C11H9ClN4O/c12-9-3-1-8(2-4-9)7-14-11(17)10-13-5-6-15-16-10/h1-6H,7H2,(H,14,17). The highest BCUT2D eigenvalue weighted by molar-refractivity contribution is 6.30. The van der Waals surface area contributed by atoms with E-state index in [1.54, 1.807) is 12.1 Å². The van der Waals surface area contributed by atoms with Crippen molar-refractivity contribution in [2.45, 2.75) is 6.54 Å². The molecule has 0 saturated heterocycles. The number of halogens is 1. The Bertz CT molecular complexity index is 501. The van der Waals surface area contributed by atoms with E-state index in [0.29, 0.717) is 11.6 Å². The molecule has 2 aromatic rings. The first-order chi connectivity index (χ1) is 8.25. The van der Waals surface area contributed by atoms with E-state index in [9.17, 15) is 4.79 Å². The molecule has 0 fully saturated rings. The van der Waals surface area contributed by atoms with E-state index < -0.39 is 0 Å². The Hall–Kier alpha value is -2.01. The monoisotopic (exact) mass is 248 g/mol. The molecule has 6 heteroatoms. The van der Waals surface area contributed by atoms with Gasteiger partial charge in [0.2, 0.25) is 5.82 Å². The van der Waals surface area contributed by atoms with Crippen LogP contribution in [0, 0.1) is 0 Å². The molecule has 0 saturated carbocycles. The van der Waals surface area contributed by atoms with Gasteiger partial charge in [-0.15, -0.1) is 5.10 Å². The summed E-state index contributed by atoms with van der Waals surface area (Å²) in [7, 11) is 0. The van der Waals surface area contributed by atoms with Gasteiger partial charge in [0.1, 0.15) is 0 Å². The third kappa shape index (κ3) is 3.22. The second kappa shape index (κ2) is 5.36. The van der Waals surface area contributed by atoms with E-state index in [2.05, 4.69) is 20.5 Å². The third-order valence-electron chi connectivity index (χ3n) is 2.05. The molecule has 0 unspecified atom stereocenters. The van der Waals surface area contributed by atoms with Crippen LogP contribution in [0.3, 0.4) is 0 Å². The van der Waals surface area contributed by atoms with Crippen molar-refractivity contribution in [1.29, 1.82) is 0 Å². The molecule has 0 aliphatic rings. The zero-order chi connectivity index (χ0) is 12.1. The summed E-state index contributed by atoms with van der Waals surface area (Å²) in [5, 5.41) is 10.5. The van der Waals surface area contributed by atoms with Crippen molar-refractivity contribution < 1.29 is 4.79 Å². The lowest BCUT2D eigenvalue weighted by Crippen LogP contribution is -2.25. The number of aromatic nitrogens is 3. The van der Waals surface area contributed by atoms with Crippen LogP contribution in [0.2, 0.25) is 5.02 Å². The number of carbonyl (C=O) groups is 1. The van der Waals surface area contributed by atoms with Gasteiger partial charge in [-0.2, -0.15) is 5.10 Å². The van der Waals surface area contributed by atoms with Crippen molar-refractivity contribution in [3.8, 4) is 0 Å². The van der Waals surface area contributed by atoms with Gasteiger partial charge in [0.05, 0.1) is 6.20 Å². The number of nitrogens with zero attached hydrogens (tertiary/aromatic N) is 3. The quantitative estimate of drug-likeness (QED) is 0.893. The maximum absolute atomic E-state index is 11.6. The van der Waals surface area contributed by atoms with Gasteiger partial charge >= 0.3 is 0 Å². The van der Waals surface area contributed by atoms with E-state index in [-0.39, 0.29) is 11.7 Å². The lowest BCUT2D eigenvalue weighted by Gasteiger charge is -2.03. The van der Waals surface area contributed by atoms with Gasteiger partial charge in [-0.05, 0) is 17.7 Å². The van der Waals surface area contributed by atoms with Crippen molar-refractivity contribution in [2.24, 2.45) is 0 Å². The summed E-state index contributed by atoms with van der Waals surface area (Å²) in [6.07, 6.45) is 2.83. The van der Waals surface area contributed by atoms with Crippen LogP contribution < -0.4 is 5.32 Å². The van der Waals surface area contributed by atoms with Gasteiger partial charge in [-0.1, -0.05) is 23.7 Å². The van der Waals surface area contributed by atoms with E-state index in [1.807, 2.05) is 12.1 Å². The number of benzene rings is 1. The van der Waals surface area contributed by atoms with Crippen LogP contribution in [0.4, 0.5) is 0 Å². The SMILES string of the molecule is O=C(NCc1ccc(Cl)cc1)c1nccnn1. The largest absolute Gasteiger partial charge is 0.345 e. The maximum atomic E-state index is 11.6. The summed E-state index contributed by atoms with van der Waals surface area (Å²) in [5.41, 5.74) is 0.951. The van der Waals surface area contributed by atoms with Crippen molar-refractivity contribution in [2.75, 3.05) is 0 Å². The number of hydrogen-bond acceptors (Lipinski definition) is 4. The second-order valence-electron chi connectivity index (χ2n) is 3.28. The summed E-state index contributed by atoms with van der Waals surface area (Å²) in [6, 6.07) is 7.21. The Balaban J connectivity index is 1.95. The minimum Gasteiger partial charge on any atom is -0.345 e. The summed E-state index contributed by atoms with van der Waals surface area (Å²) in [5.74, 6) is -0.297. The molecule has 0 radical (unpaired) electrons. The van der Waals surface area contributed by atoms with Gasteiger partial charge < -0.3 is 5.32 Å². The van der Waals surface area contributed by atoms with Crippen LogP contribution in [-0.4, -0.2) is 21.1 Å². The molecule has 2 rings (SSSR count). The molecule has 17 heavy (non-hydrogen) atoms. The maximum Gasteiger partial charge on any atom is 0.291 e. The fourth-order valence-corrected chi connectivity index (χ4v) is 1.34. The van der Waals surface area contributed by atoms with Crippen LogP contribution in [0.1, 0.15) is 16.2 Å². The Morgan fingerprint density at radius 1 is 1.24 bits per heavy atom. The smallest absolute Gasteiger partial charge is 0.291 e. The van der Waals surface area contributed by atoms with E-state index in [0.717, 1.165) is 5.56 Å². The van der Waals surface area contributed by atoms with Crippen molar-refractivity contribution in [3.05, 3.63) is 53.1 Å². The molecule has 0 spiro atoms. The predicted octanol–water partition coefficient (Wildman–Crippen LogP) is 1.45. The predicted molar refractivity (Wildman–Crippen MR) is 62.4 cm³/mol. The normalized spacial score (nSPS) is 9.94. The number of amides is 1. The van der Waals surface area contributed by atoms with E-state index in [4.69, 9.17) is 11.6 Å². The molecular formula is C11H9ClN4O. The average Bonchev–Trinajstić information content (AvgIpc) is 2.39. The van der Waals surface area contributed by atoms with E-state index in [1.165, 1.54) is 12.4 Å². The molecular weight excluding hydrogens is 240 g/mol. The molecule has 0 atom stereocenters. The Kier molecular flexibility index (Phi) is 3.62. The van der Waals surface area contributed by atoms with Gasteiger partial charge in [0.25, 0.3) is 5.91 Å². The van der Waals surface area contributed by atoms with Gasteiger partial charge in [0, 0.05) is 17.8 Å². The molecule has 0 aliphatic heterocycles. The molecule has 1 N–H and O–H groups in total. The van der Waals surface area contributed by atoms with Crippen molar-refractivity contribution in [3.63, 3.8) is 0 Å². The topological polar surface area (TPSA) is 67.8 Å². The highest BCUT2D eigenvalue weighted by atomic mass is 35.5. The first-order valence-electron chi connectivity index (χ1n) is 4.92. The highest BCUT2D eigenvalue weighted by Crippen LogP contribution is 2.09. The second-order valence-corrected chi connectivity index (χ2v) is 3.71. The molecule has 1 amide bonds. The molecule has 0 aliphatic carbocycles. The van der Waals surface area contributed by atoms with Crippen molar-refractivity contribution >= 4 is 17.5 Å². The fraction of sp³-hybridized carbons (Fsp3) is 0.0909. The zero-order valence-electron chi connectivity index (χ0n) is 8.80. The molecule has 86 valence electrons. The van der Waals surface area contributed by atoms with Gasteiger partial charge in [0.15, 0.2) is 0 Å². The zero-order valence-corrected chi connectivity index (χ0v) is 9.55. The summed E-state index contributed by atoms with van der Waals surface area (Å²) in [6.45, 7) is 0.397. The summed E-state index contributed by atoms with van der Waals surface area (Å²) >= 11 is 5.75. The Morgan fingerprint density at radius 2 is 2.00 bits per heavy atom.